The number of esters is 1. The molecule has 0 aliphatic carbocycles. The lowest BCUT2D eigenvalue weighted by atomic mass is 10.1. The van der Waals surface area contributed by atoms with Crippen LogP contribution in [0.5, 0.6) is 0 Å². The molecule has 0 saturated heterocycles. The van der Waals surface area contributed by atoms with Crippen LogP contribution in [0.15, 0.2) is 64.3 Å². The van der Waals surface area contributed by atoms with Crippen molar-refractivity contribution >= 4 is 46.5 Å². The van der Waals surface area contributed by atoms with E-state index in [4.69, 9.17) is 16.3 Å². The van der Waals surface area contributed by atoms with E-state index in [0.717, 1.165) is 16.3 Å². The molecular weight excluding hydrogens is 390 g/mol. The van der Waals surface area contributed by atoms with Gasteiger partial charge in [0.25, 0.3) is 0 Å². The Morgan fingerprint density at radius 2 is 1.73 bits per heavy atom. The van der Waals surface area contributed by atoms with Gasteiger partial charge in [-0.3, -0.25) is 4.79 Å². The van der Waals surface area contributed by atoms with E-state index in [-0.39, 0.29) is 12.4 Å². The molecule has 0 bridgehead atoms. The highest BCUT2D eigenvalue weighted by Gasteiger charge is 2.12. The van der Waals surface area contributed by atoms with E-state index in [0.29, 0.717) is 16.1 Å². The van der Waals surface area contributed by atoms with Crippen LogP contribution >= 0.6 is 34.7 Å². The highest BCUT2D eigenvalue weighted by molar-refractivity contribution is 7.98. The van der Waals surface area contributed by atoms with Crippen molar-refractivity contribution in [3.05, 3.63) is 81.3 Å². The first-order valence-electron chi connectivity index (χ1n) is 7.67. The molecule has 0 unspecified atom stereocenters. The van der Waals surface area contributed by atoms with E-state index in [2.05, 4.69) is 4.98 Å². The molecule has 2 aromatic carbocycles. The first kappa shape index (κ1) is 18.6. The maximum absolute atomic E-state index is 12.1. The summed E-state index contributed by atoms with van der Waals surface area (Å²) in [6.45, 7) is -0.305. The lowest BCUT2D eigenvalue weighted by molar-refractivity contribution is 0.0474. The van der Waals surface area contributed by atoms with Crippen molar-refractivity contribution in [2.45, 2.75) is 10.6 Å². The summed E-state index contributed by atoms with van der Waals surface area (Å²) in [5.74, 6) is -0.0167. The van der Waals surface area contributed by atoms with Crippen LogP contribution < -0.4 is 0 Å². The zero-order valence-corrected chi connectivity index (χ0v) is 15.9. The molecule has 26 heavy (non-hydrogen) atoms. The summed E-state index contributed by atoms with van der Waals surface area (Å²) < 4.78 is 5.10. The number of halogens is 1. The summed E-state index contributed by atoms with van der Waals surface area (Å²) in [4.78, 5) is 29.4. The second kappa shape index (κ2) is 8.98. The summed E-state index contributed by atoms with van der Waals surface area (Å²) >= 11 is 9.00. The van der Waals surface area contributed by atoms with Gasteiger partial charge in [0, 0.05) is 26.6 Å². The first-order valence-corrected chi connectivity index (χ1v) is 9.98. The Balaban J connectivity index is 1.51. The van der Waals surface area contributed by atoms with Gasteiger partial charge in [0.2, 0.25) is 0 Å². The number of ketones is 1. The smallest absolute Gasteiger partial charge is 0.338 e. The molecule has 0 spiro atoms. The topological polar surface area (TPSA) is 56.3 Å². The predicted molar refractivity (Wildman–Crippen MR) is 104 cm³/mol. The third-order valence-electron chi connectivity index (χ3n) is 3.46. The van der Waals surface area contributed by atoms with Gasteiger partial charge >= 0.3 is 5.97 Å². The fraction of sp³-hybridized carbons (Fsp3) is 0.105. The summed E-state index contributed by atoms with van der Waals surface area (Å²) in [6.07, 6.45) is 0. The Hall–Kier alpha value is -2.15. The highest BCUT2D eigenvalue weighted by Crippen LogP contribution is 2.23. The van der Waals surface area contributed by atoms with E-state index in [9.17, 15) is 9.59 Å². The van der Waals surface area contributed by atoms with Gasteiger partial charge in [-0.25, -0.2) is 9.78 Å². The number of carbonyl (C=O) groups excluding carboxylic acids is 2. The molecule has 0 aliphatic heterocycles. The van der Waals surface area contributed by atoms with Crippen LogP contribution in [-0.4, -0.2) is 23.3 Å². The van der Waals surface area contributed by atoms with Gasteiger partial charge in [-0.1, -0.05) is 11.6 Å². The molecule has 0 N–H and O–H groups in total. The molecule has 0 amide bonds. The van der Waals surface area contributed by atoms with Crippen LogP contribution in [0.25, 0.3) is 0 Å². The number of carbonyl (C=O) groups is 2. The van der Waals surface area contributed by atoms with Crippen LogP contribution in [0.2, 0.25) is 5.02 Å². The van der Waals surface area contributed by atoms with Crippen LogP contribution in [0.4, 0.5) is 0 Å². The van der Waals surface area contributed by atoms with Crippen molar-refractivity contribution in [1.82, 2.24) is 4.98 Å². The molecule has 4 nitrogen and oxygen atoms in total. The predicted octanol–water partition coefficient (Wildman–Crippen LogP) is 5.13. The number of benzene rings is 2. The minimum Gasteiger partial charge on any atom is -0.454 e. The third kappa shape index (κ3) is 5.17. The normalized spacial score (nSPS) is 10.5. The summed E-state index contributed by atoms with van der Waals surface area (Å²) in [5, 5.41) is 2.56. The van der Waals surface area contributed by atoms with Gasteiger partial charge in [-0.05, 0) is 48.5 Å². The molecule has 0 radical (unpaired) electrons. The number of nitrogens with zero attached hydrogens (tertiary/aromatic N) is 1. The van der Waals surface area contributed by atoms with Crippen LogP contribution in [0, 0.1) is 0 Å². The van der Waals surface area contributed by atoms with Crippen LogP contribution in [-0.2, 0) is 10.5 Å². The van der Waals surface area contributed by atoms with Crippen molar-refractivity contribution in [1.29, 1.82) is 0 Å². The number of rotatable bonds is 7. The maximum atomic E-state index is 12.1. The minimum atomic E-state index is -0.525. The van der Waals surface area contributed by atoms with E-state index in [1.165, 1.54) is 0 Å². The second-order valence-corrected chi connectivity index (χ2v) is 7.50. The Morgan fingerprint density at radius 1 is 1.04 bits per heavy atom. The summed E-state index contributed by atoms with van der Waals surface area (Å²) in [5.41, 5.74) is 3.70. The lowest BCUT2D eigenvalue weighted by Crippen LogP contribution is -2.14. The number of hydrogen-bond acceptors (Lipinski definition) is 6. The van der Waals surface area contributed by atoms with E-state index < -0.39 is 5.97 Å². The van der Waals surface area contributed by atoms with Crippen molar-refractivity contribution in [2.24, 2.45) is 0 Å². The average molecular weight is 404 g/mol. The molecule has 0 saturated carbocycles. The van der Waals surface area contributed by atoms with Gasteiger partial charge in [-0.2, -0.15) is 0 Å². The van der Waals surface area contributed by atoms with Crippen molar-refractivity contribution < 1.29 is 14.3 Å². The monoisotopic (exact) mass is 403 g/mol. The molecule has 0 aliphatic rings. The third-order valence-corrected chi connectivity index (χ3v) is 5.39. The molecule has 0 fully saturated rings. The summed E-state index contributed by atoms with van der Waals surface area (Å²) in [7, 11) is 0. The molecule has 1 heterocycles. The number of Topliss-reactive ketones (excluding diaryl/α,β-unsaturated/α-hetero) is 1. The largest absolute Gasteiger partial charge is 0.454 e. The van der Waals surface area contributed by atoms with Gasteiger partial charge < -0.3 is 4.74 Å². The van der Waals surface area contributed by atoms with Crippen molar-refractivity contribution in [2.75, 3.05) is 6.61 Å². The van der Waals surface area contributed by atoms with Gasteiger partial charge in [0.1, 0.15) is 0 Å². The number of thioether (sulfide) groups is 1. The standard InChI is InChI=1S/C19H14ClNO3S2/c20-15-5-1-13(2-6-15)18(22)9-24-19(23)14-3-7-17(8-4-14)26-11-16-10-25-12-21-16/h1-8,10,12H,9,11H2. The number of ether oxygens (including phenoxy) is 1. The van der Waals surface area contributed by atoms with Crippen LogP contribution in [0.3, 0.4) is 0 Å². The van der Waals surface area contributed by atoms with E-state index in [1.54, 1.807) is 65.0 Å². The zero-order chi connectivity index (χ0) is 18.4. The second-order valence-electron chi connectivity index (χ2n) is 5.30. The quantitative estimate of drug-likeness (QED) is 0.311. The average Bonchev–Trinajstić information content (AvgIpc) is 3.19. The Bertz CT molecular complexity index is 878. The first-order chi connectivity index (χ1) is 12.6. The molecule has 7 heteroatoms. The fourth-order valence-corrected chi connectivity index (χ4v) is 3.68. The zero-order valence-electron chi connectivity index (χ0n) is 13.6. The maximum Gasteiger partial charge on any atom is 0.338 e. The van der Waals surface area contributed by atoms with Gasteiger partial charge in [0.05, 0.1) is 16.8 Å². The minimum absolute atomic E-state index is 0.273. The Kier molecular flexibility index (Phi) is 6.44. The SMILES string of the molecule is O=C(COC(=O)c1ccc(SCc2cscn2)cc1)c1ccc(Cl)cc1. The fourth-order valence-electron chi connectivity index (χ4n) is 2.09. The Morgan fingerprint density at radius 3 is 2.38 bits per heavy atom. The summed E-state index contributed by atoms with van der Waals surface area (Å²) in [6, 6.07) is 13.6. The van der Waals surface area contributed by atoms with E-state index in [1.807, 2.05) is 17.5 Å². The lowest BCUT2D eigenvalue weighted by Gasteiger charge is -2.06. The number of hydrogen-bond donors (Lipinski definition) is 0. The Labute approximate surface area is 164 Å². The molecule has 0 atom stereocenters. The number of aromatic nitrogens is 1. The molecule has 3 rings (SSSR count). The molecule has 3 aromatic rings. The van der Waals surface area contributed by atoms with Gasteiger partial charge in [0.15, 0.2) is 12.4 Å². The molecule has 1 aromatic heterocycles. The highest BCUT2D eigenvalue weighted by atomic mass is 35.5. The molecular formula is C19H14ClNO3S2. The van der Waals surface area contributed by atoms with Crippen LogP contribution in [0.1, 0.15) is 26.4 Å². The van der Waals surface area contributed by atoms with Gasteiger partial charge in [-0.15, -0.1) is 23.1 Å². The van der Waals surface area contributed by atoms with Crippen molar-refractivity contribution in [3.8, 4) is 0 Å². The number of thiazole rings is 1. The van der Waals surface area contributed by atoms with E-state index >= 15 is 0 Å². The van der Waals surface area contributed by atoms with Crippen molar-refractivity contribution in [3.63, 3.8) is 0 Å². The molecule has 132 valence electrons.